The molecule has 0 spiro atoms. The highest BCUT2D eigenvalue weighted by Gasteiger charge is 2.25. The van der Waals surface area contributed by atoms with Gasteiger partial charge in [-0.15, -0.1) is 0 Å². The zero-order valence-corrected chi connectivity index (χ0v) is 25.4. The highest BCUT2D eigenvalue weighted by atomic mass is 35.5. The number of benzene rings is 1. The van der Waals surface area contributed by atoms with Gasteiger partial charge in [0, 0.05) is 35.6 Å². The van der Waals surface area contributed by atoms with Gasteiger partial charge in [0.25, 0.3) is 0 Å². The van der Waals surface area contributed by atoms with Gasteiger partial charge in [-0.25, -0.2) is 14.8 Å². The van der Waals surface area contributed by atoms with E-state index in [1.54, 1.807) is 24.0 Å². The quantitative estimate of drug-likeness (QED) is 0.285. The lowest BCUT2D eigenvalue weighted by molar-refractivity contribution is 0.0993. The second kappa shape index (κ2) is 14.6. The van der Waals surface area contributed by atoms with E-state index in [2.05, 4.69) is 0 Å². The number of nitrogens with one attached hydrogen (secondary N) is 1. The van der Waals surface area contributed by atoms with E-state index >= 15 is 0 Å². The third-order valence-electron chi connectivity index (χ3n) is 7.44. The van der Waals surface area contributed by atoms with Crippen molar-refractivity contribution in [2.75, 3.05) is 26.8 Å². The van der Waals surface area contributed by atoms with E-state index in [1.807, 2.05) is 33.8 Å². The van der Waals surface area contributed by atoms with Crippen LogP contribution < -0.4 is 4.74 Å². The molecule has 1 atom stereocenters. The number of ether oxygens (including phenoxy) is 2. The standard InChI is InChI=1S/C31H43ClN4O4/c1-7-8-23(37)18-40-24-10-11-26(32)25(17-24)30-34-27(20(4)29(35-30)28(19(2)3)21(5)33)12-9-22-13-15-36(16-14-22)31(38)39-6/h10-11,17,22-23,33,37H,7-9,12-16,18H2,1-6H3/t23-/m1/s1. The summed E-state index contributed by atoms with van der Waals surface area (Å²) in [6.07, 6.45) is 4.28. The predicted octanol–water partition coefficient (Wildman–Crippen LogP) is 6.89. The second-order valence-electron chi connectivity index (χ2n) is 10.8. The van der Waals surface area contributed by atoms with Crippen LogP contribution in [0, 0.1) is 18.3 Å². The number of rotatable bonds is 11. The van der Waals surface area contributed by atoms with Crippen molar-refractivity contribution in [2.45, 2.75) is 79.2 Å². The second-order valence-corrected chi connectivity index (χ2v) is 11.2. The fraction of sp³-hybridized carbons (Fsp3) is 0.548. The van der Waals surface area contributed by atoms with Crippen molar-refractivity contribution in [1.29, 1.82) is 5.41 Å². The van der Waals surface area contributed by atoms with Crippen LogP contribution in [0.3, 0.4) is 0 Å². The zero-order valence-electron chi connectivity index (χ0n) is 24.6. The predicted molar refractivity (Wildman–Crippen MR) is 160 cm³/mol. The minimum atomic E-state index is -0.534. The van der Waals surface area contributed by atoms with Crippen LogP contribution in [-0.2, 0) is 11.2 Å². The van der Waals surface area contributed by atoms with Crippen molar-refractivity contribution in [1.82, 2.24) is 14.9 Å². The summed E-state index contributed by atoms with van der Waals surface area (Å²) in [5.74, 6) is 1.55. The number of hydrogen-bond donors (Lipinski definition) is 2. The van der Waals surface area contributed by atoms with Crippen LogP contribution in [0.2, 0.25) is 5.02 Å². The summed E-state index contributed by atoms with van der Waals surface area (Å²) in [4.78, 5) is 23.6. The molecule has 1 saturated heterocycles. The lowest BCUT2D eigenvalue weighted by Gasteiger charge is -2.31. The van der Waals surface area contributed by atoms with Gasteiger partial charge in [-0.05, 0) is 89.5 Å². The number of aryl methyl sites for hydroxylation is 1. The van der Waals surface area contributed by atoms with Crippen LogP contribution in [0.1, 0.15) is 76.8 Å². The molecule has 3 rings (SSSR count). The Balaban J connectivity index is 1.95. The third-order valence-corrected chi connectivity index (χ3v) is 7.77. The number of amides is 1. The van der Waals surface area contributed by atoms with Crippen molar-refractivity contribution < 1.29 is 19.4 Å². The first-order chi connectivity index (χ1) is 19.0. The fourth-order valence-electron chi connectivity index (χ4n) is 5.21. The minimum absolute atomic E-state index is 0.198. The molecule has 0 saturated carbocycles. The summed E-state index contributed by atoms with van der Waals surface area (Å²) >= 11 is 6.66. The summed E-state index contributed by atoms with van der Waals surface area (Å²) in [5, 5.41) is 19.1. The van der Waals surface area contributed by atoms with Crippen LogP contribution in [0.4, 0.5) is 4.79 Å². The van der Waals surface area contributed by atoms with Gasteiger partial charge < -0.3 is 24.9 Å². The molecule has 1 aliphatic heterocycles. The number of aliphatic hydroxyl groups is 1. The number of aliphatic hydroxyl groups excluding tert-OH is 1. The number of methoxy groups -OCH3 is 1. The summed E-state index contributed by atoms with van der Waals surface area (Å²) < 4.78 is 10.7. The molecule has 1 aliphatic rings. The molecule has 9 heteroatoms. The summed E-state index contributed by atoms with van der Waals surface area (Å²) in [6, 6.07) is 5.37. The first-order valence-corrected chi connectivity index (χ1v) is 14.5. The molecule has 8 nitrogen and oxygen atoms in total. The largest absolute Gasteiger partial charge is 0.491 e. The van der Waals surface area contributed by atoms with Gasteiger partial charge >= 0.3 is 6.09 Å². The Morgan fingerprint density at radius 1 is 1.23 bits per heavy atom. The monoisotopic (exact) mass is 570 g/mol. The van der Waals surface area contributed by atoms with E-state index < -0.39 is 6.10 Å². The van der Waals surface area contributed by atoms with Crippen LogP contribution in [-0.4, -0.2) is 64.7 Å². The number of carbonyl (C=O) groups excluding carboxylic acids is 1. The summed E-state index contributed by atoms with van der Waals surface area (Å²) in [7, 11) is 1.42. The normalized spacial score (nSPS) is 14.6. The molecule has 40 heavy (non-hydrogen) atoms. The lowest BCUT2D eigenvalue weighted by Crippen LogP contribution is -2.38. The molecular weight excluding hydrogens is 528 g/mol. The molecule has 2 heterocycles. The Morgan fingerprint density at radius 3 is 2.52 bits per heavy atom. The first kappa shape index (κ1) is 31.6. The minimum Gasteiger partial charge on any atom is -0.491 e. The van der Waals surface area contributed by atoms with Crippen LogP contribution >= 0.6 is 11.6 Å². The molecule has 1 aromatic carbocycles. The topological polar surface area (TPSA) is 109 Å². The smallest absolute Gasteiger partial charge is 0.409 e. The molecule has 0 aliphatic carbocycles. The lowest BCUT2D eigenvalue weighted by atomic mass is 9.90. The van der Waals surface area contributed by atoms with E-state index in [4.69, 9.17) is 36.5 Å². The number of halogens is 1. The molecular formula is C31H43ClN4O4. The number of likely N-dealkylation sites (tertiary alicyclic amines) is 1. The van der Waals surface area contributed by atoms with Crippen molar-refractivity contribution >= 4 is 29.0 Å². The average Bonchev–Trinajstić information content (AvgIpc) is 2.92. The van der Waals surface area contributed by atoms with E-state index in [0.29, 0.717) is 53.3 Å². The van der Waals surface area contributed by atoms with Crippen molar-refractivity contribution in [3.63, 3.8) is 0 Å². The van der Waals surface area contributed by atoms with E-state index in [1.165, 1.54) is 7.11 Å². The van der Waals surface area contributed by atoms with Gasteiger partial charge in [0.1, 0.15) is 12.4 Å². The summed E-state index contributed by atoms with van der Waals surface area (Å²) in [5.41, 5.74) is 5.54. The van der Waals surface area contributed by atoms with Crippen molar-refractivity contribution in [2.24, 2.45) is 5.92 Å². The van der Waals surface area contributed by atoms with Crippen LogP contribution in [0.15, 0.2) is 23.8 Å². The van der Waals surface area contributed by atoms with Gasteiger partial charge in [0.2, 0.25) is 0 Å². The highest BCUT2D eigenvalue weighted by molar-refractivity contribution is 6.33. The molecule has 1 fully saturated rings. The Kier molecular flexibility index (Phi) is 11.5. The van der Waals surface area contributed by atoms with Gasteiger partial charge in [-0.1, -0.05) is 30.5 Å². The van der Waals surface area contributed by atoms with Gasteiger partial charge in [-0.3, -0.25) is 0 Å². The van der Waals surface area contributed by atoms with Crippen molar-refractivity contribution in [3.8, 4) is 17.1 Å². The zero-order chi connectivity index (χ0) is 29.4. The Bertz CT molecular complexity index is 1230. The molecule has 0 unspecified atom stereocenters. The number of piperidine rings is 1. The maximum atomic E-state index is 11.9. The maximum absolute atomic E-state index is 11.9. The number of hydrogen-bond acceptors (Lipinski definition) is 7. The van der Waals surface area contributed by atoms with Crippen molar-refractivity contribution in [3.05, 3.63) is 45.7 Å². The Hall–Kier alpha value is -2.97. The molecule has 1 aromatic heterocycles. The number of carbonyl (C=O) groups is 1. The fourth-order valence-corrected chi connectivity index (χ4v) is 5.41. The molecule has 218 valence electrons. The molecule has 2 aromatic rings. The van der Waals surface area contributed by atoms with E-state index in [-0.39, 0.29) is 12.7 Å². The van der Waals surface area contributed by atoms with Gasteiger partial charge in [0.15, 0.2) is 5.82 Å². The summed E-state index contributed by atoms with van der Waals surface area (Å²) in [6.45, 7) is 11.4. The Labute approximate surface area is 243 Å². The third kappa shape index (κ3) is 8.04. The van der Waals surface area contributed by atoms with Gasteiger partial charge in [0.05, 0.1) is 23.9 Å². The number of allylic oxidation sites excluding steroid dienone is 2. The van der Waals surface area contributed by atoms with Gasteiger partial charge in [-0.2, -0.15) is 0 Å². The van der Waals surface area contributed by atoms with E-state index in [0.717, 1.165) is 60.2 Å². The molecule has 2 N–H and O–H groups in total. The molecule has 0 radical (unpaired) electrons. The van der Waals surface area contributed by atoms with Crippen LogP contribution in [0.5, 0.6) is 5.75 Å². The average molecular weight is 571 g/mol. The SMILES string of the molecule is CCC[C@@H](O)COc1ccc(Cl)c(-c2nc(CCC3CCN(C(=O)OC)CC3)c(C)c(C(C(C)=N)=C(C)C)n2)c1. The van der Waals surface area contributed by atoms with Crippen LogP contribution in [0.25, 0.3) is 17.0 Å². The maximum Gasteiger partial charge on any atom is 0.409 e. The number of nitrogens with zero attached hydrogens (tertiary/aromatic N) is 3. The molecule has 1 amide bonds. The highest BCUT2D eigenvalue weighted by Crippen LogP contribution is 2.33. The van der Waals surface area contributed by atoms with E-state index in [9.17, 15) is 9.90 Å². The number of aromatic nitrogens is 2. The first-order valence-electron chi connectivity index (χ1n) is 14.1. The molecule has 0 bridgehead atoms. The Morgan fingerprint density at radius 2 is 1.93 bits per heavy atom.